The van der Waals surface area contributed by atoms with Crippen molar-refractivity contribution in [3.05, 3.63) is 22.4 Å². The van der Waals surface area contributed by atoms with E-state index < -0.39 is 0 Å². The molecule has 0 amide bonds. The summed E-state index contributed by atoms with van der Waals surface area (Å²) in [6, 6.07) is 2.66. The zero-order chi connectivity index (χ0) is 12.5. The van der Waals surface area contributed by atoms with Gasteiger partial charge >= 0.3 is 0 Å². The van der Waals surface area contributed by atoms with Crippen molar-refractivity contribution in [3.63, 3.8) is 0 Å². The number of hydrogen-bond acceptors (Lipinski definition) is 4. The van der Waals surface area contributed by atoms with Crippen LogP contribution in [-0.2, 0) is 6.42 Å². The first-order valence-electron chi connectivity index (χ1n) is 5.93. The third-order valence-corrected chi connectivity index (χ3v) is 3.33. The van der Waals surface area contributed by atoms with Crippen LogP contribution >= 0.6 is 11.3 Å². The lowest BCUT2D eigenvalue weighted by Crippen LogP contribution is -2.29. The van der Waals surface area contributed by atoms with Gasteiger partial charge in [-0.05, 0) is 55.1 Å². The summed E-state index contributed by atoms with van der Waals surface area (Å²) < 4.78 is 0. The summed E-state index contributed by atoms with van der Waals surface area (Å²) in [5.41, 5.74) is 6.78. The summed E-state index contributed by atoms with van der Waals surface area (Å²) in [4.78, 5) is 0. The number of nitrogens with zero attached hydrogens (tertiary/aromatic N) is 1. The Labute approximate surface area is 107 Å². The van der Waals surface area contributed by atoms with Crippen LogP contribution in [0.25, 0.3) is 0 Å². The zero-order valence-electron chi connectivity index (χ0n) is 10.2. The molecule has 1 aromatic rings. The Bertz CT molecular complexity index is 325. The van der Waals surface area contributed by atoms with Crippen LogP contribution in [0.2, 0.25) is 0 Å². The second-order valence-electron chi connectivity index (χ2n) is 4.24. The van der Waals surface area contributed by atoms with Crippen molar-refractivity contribution in [1.29, 1.82) is 0 Å². The number of thiophene rings is 1. The molecule has 0 aromatic carbocycles. The molecule has 4 nitrogen and oxygen atoms in total. The highest BCUT2D eigenvalue weighted by Gasteiger charge is 2.02. The molecule has 0 bridgehead atoms. The molecule has 1 rings (SSSR count). The standard InChI is InChI=1S/C12H21N3OS/c1-10(8-11-5-7-17-9-11)14-6-3-2-4-12(13)15-16/h5,7,9-10,14,16H,2-4,6,8H2,1H3,(H2,13,15). The maximum atomic E-state index is 8.37. The summed E-state index contributed by atoms with van der Waals surface area (Å²) in [5, 5.41) is 19.1. The van der Waals surface area contributed by atoms with Gasteiger partial charge in [-0.25, -0.2) is 0 Å². The van der Waals surface area contributed by atoms with E-state index in [0.29, 0.717) is 18.3 Å². The Balaban J connectivity index is 2.02. The highest BCUT2D eigenvalue weighted by atomic mass is 32.1. The smallest absolute Gasteiger partial charge is 0.139 e. The second-order valence-corrected chi connectivity index (χ2v) is 5.02. The molecule has 0 aliphatic heterocycles. The van der Waals surface area contributed by atoms with Gasteiger partial charge < -0.3 is 16.3 Å². The van der Waals surface area contributed by atoms with Gasteiger partial charge in [0.15, 0.2) is 0 Å². The van der Waals surface area contributed by atoms with Crippen LogP contribution in [0.5, 0.6) is 0 Å². The van der Waals surface area contributed by atoms with E-state index >= 15 is 0 Å². The first-order chi connectivity index (χ1) is 8.22. The predicted octanol–water partition coefficient (Wildman–Crippen LogP) is 2.19. The number of amidine groups is 1. The first-order valence-corrected chi connectivity index (χ1v) is 6.87. The zero-order valence-corrected chi connectivity index (χ0v) is 11.0. The van der Waals surface area contributed by atoms with Crippen molar-refractivity contribution < 1.29 is 5.21 Å². The molecular formula is C12H21N3OS. The molecule has 0 fully saturated rings. The molecule has 5 heteroatoms. The Morgan fingerprint density at radius 3 is 3.06 bits per heavy atom. The maximum Gasteiger partial charge on any atom is 0.139 e. The highest BCUT2D eigenvalue weighted by molar-refractivity contribution is 7.07. The van der Waals surface area contributed by atoms with Crippen LogP contribution in [0.1, 0.15) is 31.7 Å². The van der Waals surface area contributed by atoms with E-state index in [-0.39, 0.29) is 0 Å². The molecule has 0 radical (unpaired) electrons. The van der Waals surface area contributed by atoms with E-state index in [1.54, 1.807) is 11.3 Å². The Morgan fingerprint density at radius 2 is 2.41 bits per heavy atom. The third kappa shape index (κ3) is 6.28. The summed E-state index contributed by atoms with van der Waals surface area (Å²) >= 11 is 1.74. The number of rotatable bonds is 8. The Morgan fingerprint density at radius 1 is 1.59 bits per heavy atom. The van der Waals surface area contributed by atoms with Gasteiger partial charge in [0.2, 0.25) is 0 Å². The van der Waals surface area contributed by atoms with Crippen LogP contribution < -0.4 is 11.1 Å². The molecule has 0 saturated heterocycles. The Hall–Kier alpha value is -1.07. The molecule has 1 aromatic heterocycles. The minimum Gasteiger partial charge on any atom is -0.409 e. The molecule has 0 aliphatic carbocycles. The van der Waals surface area contributed by atoms with Crippen LogP contribution in [0.15, 0.2) is 22.0 Å². The SMILES string of the molecule is CC(Cc1ccsc1)NCCCCC(N)=NO. The molecule has 4 N–H and O–H groups in total. The maximum absolute atomic E-state index is 8.37. The summed E-state index contributed by atoms with van der Waals surface area (Å²) in [7, 11) is 0. The minimum atomic E-state index is 0.316. The fourth-order valence-corrected chi connectivity index (χ4v) is 2.35. The van der Waals surface area contributed by atoms with Gasteiger partial charge in [-0.1, -0.05) is 5.16 Å². The van der Waals surface area contributed by atoms with Crippen molar-refractivity contribution in [2.45, 2.75) is 38.6 Å². The number of hydrogen-bond donors (Lipinski definition) is 3. The van der Waals surface area contributed by atoms with E-state index in [2.05, 4.69) is 34.2 Å². The van der Waals surface area contributed by atoms with E-state index in [1.807, 2.05) is 0 Å². The van der Waals surface area contributed by atoms with Crippen LogP contribution in [-0.4, -0.2) is 23.6 Å². The molecule has 96 valence electrons. The van der Waals surface area contributed by atoms with E-state index in [0.717, 1.165) is 25.8 Å². The fraction of sp³-hybridized carbons (Fsp3) is 0.583. The third-order valence-electron chi connectivity index (χ3n) is 2.60. The van der Waals surface area contributed by atoms with Crippen molar-refractivity contribution in [2.75, 3.05) is 6.54 Å². The second kappa shape index (κ2) is 8.08. The largest absolute Gasteiger partial charge is 0.409 e. The molecule has 17 heavy (non-hydrogen) atoms. The predicted molar refractivity (Wildman–Crippen MR) is 72.7 cm³/mol. The molecule has 1 heterocycles. The number of nitrogens with one attached hydrogen (secondary N) is 1. The average molecular weight is 255 g/mol. The van der Waals surface area contributed by atoms with Crippen molar-refractivity contribution in [1.82, 2.24) is 5.32 Å². The summed E-state index contributed by atoms with van der Waals surface area (Å²) in [5.74, 6) is 0.316. The Kier molecular flexibility index (Phi) is 6.65. The van der Waals surface area contributed by atoms with Gasteiger partial charge in [0, 0.05) is 12.5 Å². The first kappa shape index (κ1) is 14.0. The van der Waals surface area contributed by atoms with Crippen LogP contribution in [0, 0.1) is 0 Å². The van der Waals surface area contributed by atoms with Gasteiger partial charge in [-0.2, -0.15) is 11.3 Å². The summed E-state index contributed by atoms with van der Waals surface area (Å²) in [6.45, 7) is 3.17. The molecule has 1 unspecified atom stereocenters. The van der Waals surface area contributed by atoms with Crippen molar-refractivity contribution in [2.24, 2.45) is 10.9 Å². The summed E-state index contributed by atoms with van der Waals surface area (Å²) in [6.07, 6.45) is 3.74. The van der Waals surface area contributed by atoms with E-state index in [4.69, 9.17) is 10.9 Å². The molecule has 0 spiro atoms. The van der Waals surface area contributed by atoms with E-state index in [9.17, 15) is 0 Å². The fourth-order valence-electron chi connectivity index (χ4n) is 1.66. The minimum absolute atomic E-state index is 0.316. The van der Waals surface area contributed by atoms with Crippen LogP contribution in [0.4, 0.5) is 0 Å². The molecular weight excluding hydrogens is 234 g/mol. The van der Waals surface area contributed by atoms with Gasteiger partial charge in [-0.3, -0.25) is 0 Å². The lowest BCUT2D eigenvalue weighted by atomic mass is 10.1. The number of nitrogens with two attached hydrogens (primary N) is 1. The average Bonchev–Trinajstić information content (AvgIpc) is 2.81. The molecule has 0 saturated carbocycles. The van der Waals surface area contributed by atoms with Gasteiger partial charge in [0.1, 0.15) is 5.84 Å². The quantitative estimate of drug-likeness (QED) is 0.219. The van der Waals surface area contributed by atoms with Crippen molar-refractivity contribution >= 4 is 17.2 Å². The number of unbranched alkanes of at least 4 members (excludes halogenated alkanes) is 1. The van der Waals surface area contributed by atoms with E-state index in [1.165, 1.54) is 5.56 Å². The van der Waals surface area contributed by atoms with Crippen LogP contribution in [0.3, 0.4) is 0 Å². The molecule has 1 atom stereocenters. The molecule has 0 aliphatic rings. The van der Waals surface area contributed by atoms with Gasteiger partial charge in [-0.15, -0.1) is 0 Å². The lowest BCUT2D eigenvalue weighted by Gasteiger charge is -2.12. The van der Waals surface area contributed by atoms with Gasteiger partial charge in [0.25, 0.3) is 0 Å². The topological polar surface area (TPSA) is 70.6 Å². The lowest BCUT2D eigenvalue weighted by molar-refractivity contribution is 0.316. The number of oxime groups is 1. The monoisotopic (exact) mass is 255 g/mol. The van der Waals surface area contributed by atoms with Crippen molar-refractivity contribution in [3.8, 4) is 0 Å². The van der Waals surface area contributed by atoms with Gasteiger partial charge in [0.05, 0.1) is 0 Å². The normalized spacial score (nSPS) is 13.8. The highest BCUT2D eigenvalue weighted by Crippen LogP contribution is 2.08.